The van der Waals surface area contributed by atoms with E-state index in [2.05, 4.69) is 57.2 Å². The zero-order valence-corrected chi connectivity index (χ0v) is 14.2. The van der Waals surface area contributed by atoms with Crippen molar-refractivity contribution < 1.29 is 0 Å². The third-order valence-electron chi connectivity index (χ3n) is 4.25. The Kier molecular flexibility index (Phi) is 5.16. The molecule has 5 heteroatoms. The monoisotopic (exact) mass is 313 g/mol. The molecule has 1 aromatic carbocycles. The van der Waals surface area contributed by atoms with E-state index in [0.29, 0.717) is 0 Å². The molecule has 2 aromatic rings. The van der Waals surface area contributed by atoms with Gasteiger partial charge in [0, 0.05) is 26.2 Å². The van der Waals surface area contributed by atoms with Crippen molar-refractivity contribution in [3.8, 4) is 0 Å². The van der Waals surface area contributed by atoms with Crippen molar-refractivity contribution in [3.63, 3.8) is 0 Å². The number of nitrogens with one attached hydrogen (secondary N) is 2. The van der Waals surface area contributed by atoms with Crippen LogP contribution in [-0.4, -0.2) is 35.1 Å². The number of aliphatic imine (C=N–C) groups is 1. The lowest BCUT2D eigenvalue weighted by Gasteiger charge is -2.12. The summed E-state index contributed by atoms with van der Waals surface area (Å²) in [6.45, 7) is 7.94. The molecule has 0 radical (unpaired) electrons. The molecular weight excluding hydrogens is 286 g/mol. The van der Waals surface area contributed by atoms with Gasteiger partial charge in [0.15, 0.2) is 5.96 Å². The van der Waals surface area contributed by atoms with E-state index in [1.165, 1.54) is 18.4 Å². The number of imidazole rings is 1. The van der Waals surface area contributed by atoms with Gasteiger partial charge in [-0.25, -0.2) is 4.98 Å². The second-order valence-corrected chi connectivity index (χ2v) is 6.24. The molecule has 0 amide bonds. The summed E-state index contributed by atoms with van der Waals surface area (Å²) in [6, 6.07) is 8.33. The zero-order valence-electron chi connectivity index (χ0n) is 14.2. The highest BCUT2D eigenvalue weighted by atomic mass is 15.2. The molecule has 5 nitrogen and oxygen atoms in total. The molecule has 0 aliphatic heterocycles. The lowest BCUT2D eigenvalue weighted by atomic mass is 10.3. The maximum Gasteiger partial charge on any atom is 0.191 e. The molecule has 0 saturated heterocycles. The Balaban J connectivity index is 1.51. The molecule has 0 unspecified atom stereocenters. The summed E-state index contributed by atoms with van der Waals surface area (Å²) in [7, 11) is 0. The fourth-order valence-corrected chi connectivity index (χ4v) is 2.78. The van der Waals surface area contributed by atoms with Crippen molar-refractivity contribution in [2.24, 2.45) is 10.9 Å². The van der Waals surface area contributed by atoms with E-state index in [0.717, 1.165) is 55.8 Å². The third kappa shape index (κ3) is 4.24. The van der Waals surface area contributed by atoms with Crippen LogP contribution in [0.25, 0.3) is 11.0 Å². The highest BCUT2D eigenvalue weighted by molar-refractivity contribution is 5.79. The van der Waals surface area contributed by atoms with Gasteiger partial charge >= 0.3 is 0 Å². The van der Waals surface area contributed by atoms with Gasteiger partial charge in [-0.2, -0.15) is 0 Å². The van der Waals surface area contributed by atoms with Gasteiger partial charge in [-0.1, -0.05) is 12.1 Å². The summed E-state index contributed by atoms with van der Waals surface area (Å²) >= 11 is 0. The van der Waals surface area contributed by atoms with Crippen LogP contribution in [0, 0.1) is 12.8 Å². The zero-order chi connectivity index (χ0) is 16.1. The predicted octanol–water partition coefficient (Wildman–Crippen LogP) is 2.70. The average Bonchev–Trinajstić information content (AvgIpc) is 3.32. The Labute approximate surface area is 138 Å². The number of fused-ring (bicyclic) bond motifs is 1. The molecule has 0 bridgehead atoms. The van der Waals surface area contributed by atoms with Crippen LogP contribution in [0.3, 0.4) is 0 Å². The summed E-state index contributed by atoms with van der Waals surface area (Å²) in [5.41, 5.74) is 2.30. The third-order valence-corrected chi connectivity index (χ3v) is 4.25. The fraction of sp³-hybridized carbons (Fsp3) is 0.556. The molecule has 0 atom stereocenters. The molecule has 0 spiro atoms. The first-order chi connectivity index (χ1) is 11.3. The van der Waals surface area contributed by atoms with E-state index < -0.39 is 0 Å². The Morgan fingerprint density at radius 3 is 2.91 bits per heavy atom. The van der Waals surface area contributed by atoms with Crippen molar-refractivity contribution in [1.29, 1.82) is 0 Å². The normalized spacial score (nSPS) is 15.1. The number of hydrogen-bond donors (Lipinski definition) is 2. The number of aromatic nitrogens is 2. The van der Waals surface area contributed by atoms with Gasteiger partial charge in [-0.15, -0.1) is 0 Å². The van der Waals surface area contributed by atoms with Crippen molar-refractivity contribution in [2.45, 2.75) is 39.7 Å². The average molecular weight is 313 g/mol. The topological polar surface area (TPSA) is 54.2 Å². The van der Waals surface area contributed by atoms with E-state index >= 15 is 0 Å². The SMILES string of the molecule is CCNC(=NCC1CC1)NCCCn1c(C)nc2ccccc21. The minimum absolute atomic E-state index is 0.824. The minimum atomic E-state index is 0.824. The number of guanidine groups is 1. The van der Waals surface area contributed by atoms with Gasteiger partial charge in [0.1, 0.15) is 5.82 Å². The molecule has 124 valence electrons. The van der Waals surface area contributed by atoms with Crippen LogP contribution >= 0.6 is 0 Å². The molecule has 1 aromatic heterocycles. The minimum Gasteiger partial charge on any atom is -0.357 e. The number of rotatable bonds is 7. The van der Waals surface area contributed by atoms with Crippen LogP contribution in [0.15, 0.2) is 29.3 Å². The molecule has 1 fully saturated rings. The number of nitrogens with zero attached hydrogens (tertiary/aromatic N) is 3. The maximum atomic E-state index is 4.65. The first-order valence-corrected chi connectivity index (χ1v) is 8.72. The highest BCUT2D eigenvalue weighted by Gasteiger charge is 2.20. The van der Waals surface area contributed by atoms with Crippen molar-refractivity contribution in [3.05, 3.63) is 30.1 Å². The number of aryl methyl sites for hydroxylation is 2. The molecule has 2 N–H and O–H groups in total. The van der Waals surface area contributed by atoms with Crippen LogP contribution in [0.2, 0.25) is 0 Å². The van der Waals surface area contributed by atoms with E-state index in [9.17, 15) is 0 Å². The van der Waals surface area contributed by atoms with E-state index in [1.807, 2.05) is 6.07 Å². The number of benzene rings is 1. The van der Waals surface area contributed by atoms with Crippen LogP contribution in [-0.2, 0) is 6.54 Å². The standard InChI is InChI=1S/C18H27N5/c1-3-19-18(21-13-15-9-10-15)20-11-6-12-23-14(2)22-16-7-4-5-8-17(16)23/h4-5,7-8,15H,3,6,9-13H2,1-2H3,(H2,19,20,21). The first kappa shape index (κ1) is 15.8. The lowest BCUT2D eigenvalue weighted by Crippen LogP contribution is -2.38. The van der Waals surface area contributed by atoms with Gasteiger partial charge in [0.25, 0.3) is 0 Å². The van der Waals surface area contributed by atoms with Crippen LogP contribution in [0.4, 0.5) is 0 Å². The van der Waals surface area contributed by atoms with E-state index in [4.69, 9.17) is 0 Å². The number of para-hydroxylation sites is 2. The Morgan fingerprint density at radius 1 is 1.30 bits per heavy atom. The summed E-state index contributed by atoms with van der Waals surface area (Å²) in [5, 5.41) is 6.76. The smallest absolute Gasteiger partial charge is 0.191 e. The van der Waals surface area contributed by atoms with Gasteiger partial charge in [0.05, 0.1) is 11.0 Å². The van der Waals surface area contributed by atoms with Gasteiger partial charge < -0.3 is 15.2 Å². The highest BCUT2D eigenvalue weighted by Crippen LogP contribution is 2.28. The molecule has 1 aliphatic carbocycles. The predicted molar refractivity (Wildman–Crippen MR) is 95.8 cm³/mol. The van der Waals surface area contributed by atoms with Gasteiger partial charge in [-0.3, -0.25) is 4.99 Å². The second-order valence-electron chi connectivity index (χ2n) is 6.24. The summed E-state index contributed by atoms with van der Waals surface area (Å²) < 4.78 is 2.30. The van der Waals surface area contributed by atoms with E-state index in [1.54, 1.807) is 0 Å². The molecular formula is C18H27N5. The quantitative estimate of drug-likeness (QED) is 0.469. The second kappa shape index (κ2) is 7.49. The Hall–Kier alpha value is -2.04. The molecule has 3 rings (SSSR count). The summed E-state index contributed by atoms with van der Waals surface area (Å²) in [5.74, 6) is 2.86. The molecule has 1 saturated carbocycles. The molecule has 1 heterocycles. The van der Waals surface area contributed by atoms with Crippen molar-refractivity contribution >= 4 is 17.0 Å². The Bertz CT molecular complexity index is 669. The molecule has 1 aliphatic rings. The van der Waals surface area contributed by atoms with Crippen LogP contribution < -0.4 is 10.6 Å². The van der Waals surface area contributed by atoms with Crippen LogP contribution in [0.5, 0.6) is 0 Å². The first-order valence-electron chi connectivity index (χ1n) is 8.72. The lowest BCUT2D eigenvalue weighted by molar-refractivity contribution is 0.624. The number of hydrogen-bond acceptors (Lipinski definition) is 2. The largest absolute Gasteiger partial charge is 0.357 e. The summed E-state index contributed by atoms with van der Waals surface area (Å²) in [4.78, 5) is 9.27. The van der Waals surface area contributed by atoms with Crippen molar-refractivity contribution in [2.75, 3.05) is 19.6 Å². The van der Waals surface area contributed by atoms with Gasteiger partial charge in [-0.05, 0) is 51.2 Å². The fourth-order valence-electron chi connectivity index (χ4n) is 2.78. The Morgan fingerprint density at radius 2 is 2.13 bits per heavy atom. The maximum absolute atomic E-state index is 4.65. The van der Waals surface area contributed by atoms with E-state index in [-0.39, 0.29) is 0 Å². The summed E-state index contributed by atoms with van der Waals surface area (Å²) in [6.07, 6.45) is 3.74. The van der Waals surface area contributed by atoms with Crippen LogP contribution in [0.1, 0.15) is 32.0 Å². The van der Waals surface area contributed by atoms with Crippen molar-refractivity contribution in [1.82, 2.24) is 20.2 Å². The van der Waals surface area contributed by atoms with Gasteiger partial charge in [0.2, 0.25) is 0 Å². The molecule has 23 heavy (non-hydrogen) atoms.